The molecule has 0 atom stereocenters. The Hall–Kier alpha value is -4.52. The minimum absolute atomic E-state index is 0.00225. The zero-order valence-corrected chi connectivity index (χ0v) is 26.1. The second-order valence-electron chi connectivity index (χ2n) is 10.2. The van der Waals surface area contributed by atoms with Crippen LogP contribution in [0.15, 0.2) is 121 Å². The average molecular weight is 601 g/mol. The van der Waals surface area contributed by atoms with Gasteiger partial charge in [0.15, 0.2) is 0 Å². The highest BCUT2D eigenvalue weighted by atomic mass is 32.1. The number of aromatic nitrogens is 2. The second-order valence-corrected chi connectivity index (χ2v) is 12.2. The van der Waals surface area contributed by atoms with Crippen molar-refractivity contribution in [1.29, 1.82) is 0 Å². The van der Waals surface area contributed by atoms with Gasteiger partial charge in [0.1, 0.15) is 16.1 Å². The number of anilines is 1. The molecule has 0 bridgehead atoms. The van der Waals surface area contributed by atoms with Crippen molar-refractivity contribution in [2.75, 3.05) is 11.4 Å². The Kier molecular flexibility index (Phi) is 8.50. The molecule has 1 aliphatic rings. The molecular weight excluding hydrogens is 567 g/mol. The van der Waals surface area contributed by atoms with Crippen LogP contribution in [0.25, 0.3) is 39.4 Å². The summed E-state index contributed by atoms with van der Waals surface area (Å²) >= 11 is 3.29. The molecule has 3 aromatic carbocycles. The fourth-order valence-corrected chi connectivity index (χ4v) is 7.85. The lowest BCUT2D eigenvalue weighted by molar-refractivity contribution is -0.679. The van der Waals surface area contributed by atoms with E-state index in [0.29, 0.717) is 11.1 Å². The van der Waals surface area contributed by atoms with Gasteiger partial charge < -0.3 is 4.90 Å². The van der Waals surface area contributed by atoms with E-state index in [0.717, 1.165) is 28.3 Å². The molecule has 6 heteroatoms. The first-order valence-corrected chi connectivity index (χ1v) is 16.2. The van der Waals surface area contributed by atoms with Crippen molar-refractivity contribution in [1.82, 2.24) is 4.57 Å². The first kappa shape index (κ1) is 28.6. The molecule has 214 valence electrons. The minimum Gasteiger partial charge on any atom is -0.348 e. The molecule has 0 saturated heterocycles. The lowest BCUT2D eigenvalue weighted by atomic mass is 9.99. The number of hydrogen-bond donors (Lipinski definition) is 0. The number of fused-ring (bicyclic) bond motifs is 1. The van der Waals surface area contributed by atoms with Gasteiger partial charge in [-0.05, 0) is 55.3 Å². The van der Waals surface area contributed by atoms with Gasteiger partial charge in [0, 0.05) is 36.1 Å². The van der Waals surface area contributed by atoms with Gasteiger partial charge in [-0.2, -0.15) is 4.57 Å². The maximum absolute atomic E-state index is 13.7. The topological polar surface area (TPSA) is 29.1 Å². The van der Waals surface area contributed by atoms with Gasteiger partial charge in [-0.3, -0.25) is 9.36 Å². The Balaban J connectivity index is 1.52. The van der Waals surface area contributed by atoms with Crippen LogP contribution in [0.5, 0.6) is 0 Å². The largest absolute Gasteiger partial charge is 0.348 e. The first-order chi connectivity index (χ1) is 21.1. The number of nitrogens with zero attached hydrogens (tertiary/aromatic N) is 3. The van der Waals surface area contributed by atoms with E-state index in [-0.39, 0.29) is 5.56 Å². The molecular formula is C37H34N3OS2+. The molecule has 0 saturated carbocycles. The summed E-state index contributed by atoms with van der Waals surface area (Å²) < 4.78 is 5.80. The van der Waals surface area contributed by atoms with Crippen LogP contribution in [0.4, 0.5) is 5.69 Å². The quantitative estimate of drug-likeness (QED) is 0.144. The highest BCUT2D eigenvalue weighted by Gasteiger charge is 2.27. The number of hydrogen-bond acceptors (Lipinski definition) is 4. The summed E-state index contributed by atoms with van der Waals surface area (Å²) in [5.74, 6) is 0. The van der Waals surface area contributed by atoms with Gasteiger partial charge in [0.05, 0.1) is 10.6 Å². The van der Waals surface area contributed by atoms with Crippen molar-refractivity contribution in [3.05, 3.63) is 146 Å². The molecule has 0 N–H and O–H groups in total. The number of rotatable bonds is 8. The summed E-state index contributed by atoms with van der Waals surface area (Å²) in [4.78, 5) is 17.1. The fourth-order valence-electron chi connectivity index (χ4n) is 5.49. The summed E-state index contributed by atoms with van der Waals surface area (Å²) in [6.07, 6.45) is 12.2. The molecule has 0 fully saturated rings. The van der Waals surface area contributed by atoms with Crippen molar-refractivity contribution in [2.24, 2.45) is 0 Å². The SMILES string of the molecule is C=CCn1c(=O)/c(=C/C=C2/C=CN(CC)c3ccccc32)s/c1=C\c1sc(-c2ccccc2)c(-c2ccccc2)[n+]1CC. The smallest absolute Gasteiger partial charge is 0.269 e. The molecule has 0 radical (unpaired) electrons. The van der Waals surface area contributed by atoms with Crippen LogP contribution in [0.1, 0.15) is 24.4 Å². The van der Waals surface area contributed by atoms with E-state index in [2.05, 4.69) is 139 Å². The van der Waals surface area contributed by atoms with E-state index in [1.165, 1.54) is 44.3 Å². The first-order valence-electron chi connectivity index (χ1n) is 14.6. The van der Waals surface area contributed by atoms with Crippen molar-refractivity contribution in [3.8, 4) is 21.7 Å². The van der Waals surface area contributed by atoms with Crippen LogP contribution < -0.4 is 24.2 Å². The van der Waals surface area contributed by atoms with E-state index in [1.807, 2.05) is 10.6 Å². The summed E-state index contributed by atoms with van der Waals surface area (Å²) in [5.41, 5.74) is 7.00. The number of allylic oxidation sites excluding steroid dienone is 4. The van der Waals surface area contributed by atoms with Crippen LogP contribution in [0.2, 0.25) is 0 Å². The summed E-state index contributed by atoms with van der Waals surface area (Å²) in [6, 6.07) is 29.5. The lowest BCUT2D eigenvalue weighted by Crippen LogP contribution is -2.37. The maximum atomic E-state index is 13.7. The summed E-state index contributed by atoms with van der Waals surface area (Å²) in [5, 5.41) is 1.10. The molecule has 6 rings (SSSR count). The number of thiazole rings is 2. The fraction of sp³-hybridized carbons (Fsp3) is 0.135. The van der Waals surface area contributed by atoms with Gasteiger partial charge in [0.2, 0.25) is 5.69 Å². The van der Waals surface area contributed by atoms with Gasteiger partial charge in [0.25, 0.3) is 10.6 Å². The molecule has 4 nitrogen and oxygen atoms in total. The molecule has 0 amide bonds. The zero-order chi connectivity index (χ0) is 29.8. The van der Waals surface area contributed by atoms with Crippen molar-refractivity contribution in [2.45, 2.75) is 26.9 Å². The Bertz CT molecular complexity index is 2010. The minimum atomic E-state index is 0.00225. The van der Waals surface area contributed by atoms with E-state index < -0.39 is 0 Å². The molecule has 1 aliphatic heterocycles. The second kappa shape index (κ2) is 12.8. The zero-order valence-electron chi connectivity index (χ0n) is 24.4. The Labute approximate surface area is 260 Å². The highest BCUT2D eigenvalue weighted by molar-refractivity contribution is 7.16. The van der Waals surface area contributed by atoms with Gasteiger partial charge in [-0.25, -0.2) is 0 Å². The van der Waals surface area contributed by atoms with E-state index in [4.69, 9.17) is 0 Å². The van der Waals surface area contributed by atoms with Crippen molar-refractivity contribution < 1.29 is 4.57 Å². The lowest BCUT2D eigenvalue weighted by Gasteiger charge is -2.26. The summed E-state index contributed by atoms with van der Waals surface area (Å²) in [6.45, 7) is 10.4. The molecule has 3 heterocycles. The van der Waals surface area contributed by atoms with Crippen LogP contribution in [0, 0.1) is 0 Å². The Morgan fingerprint density at radius 1 is 0.860 bits per heavy atom. The maximum Gasteiger partial charge on any atom is 0.269 e. The van der Waals surface area contributed by atoms with Gasteiger partial charge >= 0.3 is 0 Å². The number of para-hydroxylation sites is 1. The van der Waals surface area contributed by atoms with Gasteiger partial charge in [-0.1, -0.05) is 90.2 Å². The number of benzene rings is 3. The Morgan fingerprint density at radius 3 is 2.26 bits per heavy atom. The molecule has 43 heavy (non-hydrogen) atoms. The molecule has 2 aromatic heterocycles. The summed E-state index contributed by atoms with van der Waals surface area (Å²) in [7, 11) is 0. The van der Waals surface area contributed by atoms with E-state index >= 15 is 0 Å². The average Bonchev–Trinajstić information content (AvgIpc) is 3.57. The third kappa shape index (κ3) is 5.64. The van der Waals surface area contributed by atoms with E-state index in [1.54, 1.807) is 17.4 Å². The van der Waals surface area contributed by atoms with Crippen molar-refractivity contribution in [3.63, 3.8) is 0 Å². The third-order valence-electron chi connectivity index (χ3n) is 7.57. The standard InChI is InChI=1S/C37H34N3OS2/c1-4-24-40-34(42-32(37(40)41)22-21-27-23-25-38(5-2)31-20-14-13-19-30(27)31)26-33-39(6-3)35(28-15-9-7-10-16-28)36(43-33)29-17-11-8-12-18-29/h4,7-23,25-26H,1,5-6,24H2,2-3H3/q+1/b27-21-,32-22-. The molecule has 0 spiro atoms. The Morgan fingerprint density at radius 2 is 1.56 bits per heavy atom. The molecule has 0 aliphatic carbocycles. The predicted molar refractivity (Wildman–Crippen MR) is 184 cm³/mol. The van der Waals surface area contributed by atoms with Crippen LogP contribution in [-0.2, 0) is 13.1 Å². The monoisotopic (exact) mass is 600 g/mol. The predicted octanol–water partition coefficient (Wildman–Crippen LogP) is 6.85. The third-order valence-corrected chi connectivity index (χ3v) is 9.82. The van der Waals surface area contributed by atoms with E-state index in [9.17, 15) is 4.79 Å². The van der Waals surface area contributed by atoms with Crippen LogP contribution >= 0.6 is 22.7 Å². The molecule has 5 aromatic rings. The highest BCUT2D eigenvalue weighted by Crippen LogP contribution is 2.36. The molecule has 0 unspecified atom stereocenters. The van der Waals surface area contributed by atoms with Crippen LogP contribution in [0.3, 0.4) is 0 Å². The normalized spacial score (nSPS) is 14.5. The van der Waals surface area contributed by atoms with Gasteiger partial charge in [-0.15, -0.1) is 17.9 Å². The van der Waals surface area contributed by atoms with Crippen LogP contribution in [-0.4, -0.2) is 11.1 Å². The van der Waals surface area contributed by atoms with Crippen molar-refractivity contribution >= 4 is 46.1 Å².